The number of nitrogens with two attached hydrogens (primary N) is 1. The molecule has 0 fully saturated rings. The fourth-order valence-electron chi connectivity index (χ4n) is 2.72. The maximum atomic E-state index is 11.9. The highest BCUT2D eigenvalue weighted by Crippen LogP contribution is 2.24. The summed E-state index contributed by atoms with van der Waals surface area (Å²) in [6.07, 6.45) is 5.25. The van der Waals surface area contributed by atoms with Gasteiger partial charge in [-0.05, 0) is 18.2 Å². The first-order chi connectivity index (χ1) is 13.2. The van der Waals surface area contributed by atoms with Gasteiger partial charge in [-0.15, -0.1) is 5.10 Å². The summed E-state index contributed by atoms with van der Waals surface area (Å²) in [5.41, 5.74) is 9.66. The molecular weight excluding hydrogens is 344 g/mol. The molecule has 4 aromatic rings. The summed E-state index contributed by atoms with van der Waals surface area (Å²) in [5.74, 6) is 0.231. The van der Waals surface area contributed by atoms with Gasteiger partial charge in [-0.1, -0.05) is 23.4 Å². The zero-order valence-electron chi connectivity index (χ0n) is 14.4. The fourth-order valence-corrected chi connectivity index (χ4v) is 2.72. The molecule has 1 amide bonds. The molecule has 0 aliphatic heterocycles. The van der Waals surface area contributed by atoms with E-state index in [2.05, 4.69) is 30.6 Å². The Hall–Kier alpha value is -3.88. The molecule has 3 aromatic heterocycles. The number of aromatic amines is 2. The smallest absolute Gasteiger partial charge is 0.267 e. The third-order valence-electron chi connectivity index (χ3n) is 4.07. The zero-order valence-corrected chi connectivity index (χ0v) is 14.4. The van der Waals surface area contributed by atoms with Gasteiger partial charge in [0.05, 0.1) is 24.6 Å². The molecule has 0 radical (unpaired) electrons. The standard InChI is InChI=1S/C18H18N8O/c19-18-22-10-15(23-18)12-3-1-4-13(9-12)16-11-26(25-24-16)8-7-21-17(27)14-5-2-6-20-14/h1-6,9-11,20H,7-8H2,(H,21,27)(H3,19,22,23). The monoisotopic (exact) mass is 362 g/mol. The Balaban J connectivity index is 1.41. The first kappa shape index (κ1) is 16.6. The molecule has 0 saturated carbocycles. The molecule has 9 heteroatoms. The lowest BCUT2D eigenvalue weighted by Gasteiger charge is -2.03. The molecule has 0 bridgehead atoms. The Kier molecular flexibility index (Phi) is 4.40. The minimum atomic E-state index is -0.146. The highest BCUT2D eigenvalue weighted by Gasteiger charge is 2.08. The molecule has 0 unspecified atom stereocenters. The zero-order chi connectivity index (χ0) is 18.6. The van der Waals surface area contributed by atoms with Gasteiger partial charge >= 0.3 is 0 Å². The van der Waals surface area contributed by atoms with Crippen molar-refractivity contribution in [3.8, 4) is 22.5 Å². The molecule has 0 aliphatic rings. The Morgan fingerprint density at radius 2 is 2.11 bits per heavy atom. The molecule has 0 aliphatic carbocycles. The van der Waals surface area contributed by atoms with Gasteiger partial charge in [0.2, 0.25) is 0 Å². The van der Waals surface area contributed by atoms with E-state index in [1.54, 1.807) is 29.2 Å². The lowest BCUT2D eigenvalue weighted by atomic mass is 10.1. The molecule has 5 N–H and O–H groups in total. The molecule has 4 rings (SSSR count). The van der Waals surface area contributed by atoms with Crippen LogP contribution in [0, 0.1) is 0 Å². The summed E-state index contributed by atoms with van der Waals surface area (Å²) in [6, 6.07) is 11.4. The van der Waals surface area contributed by atoms with Crippen molar-refractivity contribution in [1.29, 1.82) is 0 Å². The number of imidazole rings is 1. The predicted molar refractivity (Wildman–Crippen MR) is 101 cm³/mol. The van der Waals surface area contributed by atoms with Crippen molar-refractivity contribution in [3.63, 3.8) is 0 Å². The van der Waals surface area contributed by atoms with Crippen LogP contribution in [-0.4, -0.2) is 42.4 Å². The van der Waals surface area contributed by atoms with Gasteiger partial charge in [-0.25, -0.2) is 4.98 Å². The summed E-state index contributed by atoms with van der Waals surface area (Å²) in [5, 5.41) is 11.2. The van der Waals surface area contributed by atoms with Crippen molar-refractivity contribution in [2.75, 3.05) is 12.3 Å². The van der Waals surface area contributed by atoms with Gasteiger partial charge in [-0.2, -0.15) is 0 Å². The number of hydrogen-bond donors (Lipinski definition) is 4. The van der Waals surface area contributed by atoms with Crippen LogP contribution in [0.15, 0.2) is 55.0 Å². The Morgan fingerprint density at radius 3 is 2.89 bits per heavy atom. The van der Waals surface area contributed by atoms with Gasteiger partial charge in [0, 0.05) is 23.9 Å². The molecule has 9 nitrogen and oxygen atoms in total. The van der Waals surface area contributed by atoms with Crippen molar-refractivity contribution in [3.05, 3.63) is 60.7 Å². The second-order valence-electron chi connectivity index (χ2n) is 5.97. The van der Waals surface area contributed by atoms with E-state index in [1.165, 1.54) is 0 Å². The molecule has 27 heavy (non-hydrogen) atoms. The van der Waals surface area contributed by atoms with Gasteiger partial charge in [-0.3, -0.25) is 9.48 Å². The Morgan fingerprint density at radius 1 is 1.22 bits per heavy atom. The van der Waals surface area contributed by atoms with Crippen LogP contribution in [-0.2, 0) is 6.54 Å². The van der Waals surface area contributed by atoms with Crippen molar-refractivity contribution >= 4 is 11.9 Å². The van der Waals surface area contributed by atoms with Crippen LogP contribution in [0.4, 0.5) is 5.95 Å². The second kappa shape index (κ2) is 7.16. The number of H-pyrrole nitrogens is 2. The first-order valence-corrected chi connectivity index (χ1v) is 8.42. The number of carbonyl (C=O) groups is 1. The maximum absolute atomic E-state index is 11.9. The summed E-state index contributed by atoms with van der Waals surface area (Å²) >= 11 is 0. The number of nitrogens with one attached hydrogen (secondary N) is 3. The van der Waals surface area contributed by atoms with Gasteiger partial charge in [0.1, 0.15) is 11.4 Å². The molecule has 0 atom stereocenters. The molecule has 1 aromatic carbocycles. The van der Waals surface area contributed by atoms with E-state index in [9.17, 15) is 4.79 Å². The fraction of sp³-hybridized carbons (Fsp3) is 0.111. The van der Waals surface area contributed by atoms with E-state index < -0.39 is 0 Å². The largest absolute Gasteiger partial charge is 0.369 e. The number of rotatable bonds is 6. The minimum Gasteiger partial charge on any atom is -0.369 e. The summed E-state index contributed by atoms with van der Waals surface area (Å²) in [4.78, 5) is 21.8. The van der Waals surface area contributed by atoms with Crippen LogP contribution in [0.5, 0.6) is 0 Å². The summed E-state index contributed by atoms with van der Waals surface area (Å²) < 4.78 is 1.70. The molecule has 0 saturated heterocycles. The molecular formula is C18H18N8O. The van der Waals surface area contributed by atoms with Gasteiger partial charge in [0.25, 0.3) is 5.91 Å². The van der Waals surface area contributed by atoms with Crippen LogP contribution in [0.2, 0.25) is 0 Å². The number of carbonyl (C=O) groups excluding carboxylic acids is 1. The maximum Gasteiger partial charge on any atom is 0.267 e. The number of hydrogen-bond acceptors (Lipinski definition) is 5. The SMILES string of the molecule is Nc1ncc(-c2cccc(-c3cn(CCNC(=O)c4ccc[nH]4)nn3)c2)[nH]1. The average molecular weight is 362 g/mol. The lowest BCUT2D eigenvalue weighted by molar-refractivity contribution is 0.0947. The van der Waals surface area contributed by atoms with Crippen LogP contribution in [0.25, 0.3) is 22.5 Å². The van der Waals surface area contributed by atoms with Crippen LogP contribution >= 0.6 is 0 Å². The predicted octanol–water partition coefficient (Wildman–Crippen LogP) is 1.68. The number of amides is 1. The van der Waals surface area contributed by atoms with Crippen molar-refractivity contribution in [2.24, 2.45) is 0 Å². The van der Waals surface area contributed by atoms with E-state index in [-0.39, 0.29) is 5.91 Å². The van der Waals surface area contributed by atoms with Gasteiger partial charge in [0.15, 0.2) is 5.95 Å². The summed E-state index contributed by atoms with van der Waals surface area (Å²) in [7, 11) is 0. The third kappa shape index (κ3) is 3.71. The van der Waals surface area contributed by atoms with Crippen LogP contribution in [0.1, 0.15) is 10.5 Å². The van der Waals surface area contributed by atoms with E-state index in [1.807, 2.05) is 30.5 Å². The summed E-state index contributed by atoms with van der Waals surface area (Å²) in [6.45, 7) is 0.977. The van der Waals surface area contributed by atoms with Gasteiger partial charge < -0.3 is 21.0 Å². The van der Waals surface area contributed by atoms with Crippen molar-refractivity contribution in [1.82, 2.24) is 35.3 Å². The van der Waals surface area contributed by atoms with Crippen molar-refractivity contribution < 1.29 is 4.79 Å². The number of nitrogens with zero attached hydrogens (tertiary/aromatic N) is 4. The highest BCUT2D eigenvalue weighted by atomic mass is 16.1. The second-order valence-corrected chi connectivity index (χ2v) is 5.97. The Labute approximate surface area is 154 Å². The minimum absolute atomic E-state index is 0.146. The number of anilines is 1. The average Bonchev–Trinajstić information content (AvgIpc) is 3.43. The molecule has 136 valence electrons. The van der Waals surface area contributed by atoms with E-state index >= 15 is 0 Å². The van der Waals surface area contributed by atoms with Crippen molar-refractivity contribution in [2.45, 2.75) is 6.54 Å². The van der Waals surface area contributed by atoms with E-state index in [0.717, 1.165) is 22.5 Å². The number of benzene rings is 1. The van der Waals surface area contributed by atoms with Crippen LogP contribution < -0.4 is 11.1 Å². The first-order valence-electron chi connectivity index (χ1n) is 8.42. The molecule has 3 heterocycles. The Bertz CT molecular complexity index is 1050. The topological polar surface area (TPSA) is 130 Å². The lowest BCUT2D eigenvalue weighted by Crippen LogP contribution is -2.27. The van der Waals surface area contributed by atoms with E-state index in [4.69, 9.17) is 5.73 Å². The highest BCUT2D eigenvalue weighted by molar-refractivity contribution is 5.92. The number of nitrogen functional groups attached to an aromatic ring is 1. The van der Waals surface area contributed by atoms with E-state index in [0.29, 0.717) is 24.7 Å². The number of aromatic nitrogens is 6. The third-order valence-corrected chi connectivity index (χ3v) is 4.07. The van der Waals surface area contributed by atoms with Crippen LogP contribution in [0.3, 0.4) is 0 Å². The quantitative estimate of drug-likeness (QED) is 0.414. The normalized spacial score (nSPS) is 10.8. The molecule has 0 spiro atoms.